The van der Waals surface area contributed by atoms with E-state index in [2.05, 4.69) is 16.8 Å². The summed E-state index contributed by atoms with van der Waals surface area (Å²) in [4.78, 5) is 28.7. The predicted octanol–water partition coefficient (Wildman–Crippen LogP) is 1.52. The van der Waals surface area contributed by atoms with Crippen molar-refractivity contribution in [2.24, 2.45) is 0 Å². The van der Waals surface area contributed by atoms with Gasteiger partial charge in [0.25, 0.3) is 5.69 Å². The first-order chi connectivity index (χ1) is 13.3. The fraction of sp³-hybridized carbons (Fsp3) is 0.667. The number of likely N-dealkylation sites (tertiary alicyclic amines) is 1. The molecule has 3 rings (SSSR count). The number of rotatable bonds is 5. The minimum absolute atomic E-state index is 0.0603. The Balaban J connectivity index is 1.88. The number of nitro benzene ring substituents is 2. The maximum atomic E-state index is 11.7. The smallest absolute Gasteiger partial charge is 0.302 e. The molecule has 154 valence electrons. The van der Waals surface area contributed by atoms with Crippen LogP contribution in [0.3, 0.4) is 0 Å². The van der Waals surface area contributed by atoms with Gasteiger partial charge in [-0.3, -0.25) is 25.1 Å². The molecule has 1 unspecified atom stereocenters. The molecule has 1 aromatic rings. The van der Waals surface area contributed by atoms with Crippen molar-refractivity contribution in [2.75, 3.05) is 51.2 Å². The lowest BCUT2D eigenvalue weighted by Gasteiger charge is -2.43. The lowest BCUT2D eigenvalue weighted by molar-refractivity contribution is -0.393. The highest BCUT2D eigenvalue weighted by atomic mass is 16.6. The van der Waals surface area contributed by atoms with Crippen LogP contribution in [0.1, 0.15) is 24.0 Å². The second-order valence-corrected chi connectivity index (χ2v) is 7.63. The number of piperazine rings is 1. The number of likely N-dealkylation sites (N-methyl/N-ethyl adjacent to an activating group) is 1. The SMILES string of the molecule is Cc1c(CO)cc([N+](=O)[O-])c(N2CCN(C3CCCN(C)C3)CC2)c1[N+](=O)[O-]. The van der Waals surface area contributed by atoms with Gasteiger partial charge in [-0.2, -0.15) is 0 Å². The Hall–Kier alpha value is -2.30. The van der Waals surface area contributed by atoms with Gasteiger partial charge in [0.2, 0.25) is 0 Å². The summed E-state index contributed by atoms with van der Waals surface area (Å²) < 4.78 is 0. The van der Waals surface area contributed by atoms with Crippen LogP contribution in [-0.4, -0.2) is 77.1 Å². The third kappa shape index (κ3) is 3.94. The van der Waals surface area contributed by atoms with Gasteiger partial charge >= 0.3 is 5.69 Å². The van der Waals surface area contributed by atoms with Crippen molar-refractivity contribution in [2.45, 2.75) is 32.4 Å². The van der Waals surface area contributed by atoms with Crippen molar-refractivity contribution in [3.05, 3.63) is 37.4 Å². The molecule has 2 heterocycles. The Bertz CT molecular complexity index is 763. The number of hydrogen-bond donors (Lipinski definition) is 1. The first-order valence-corrected chi connectivity index (χ1v) is 9.57. The molecule has 28 heavy (non-hydrogen) atoms. The number of nitro groups is 2. The van der Waals surface area contributed by atoms with Gasteiger partial charge in [0.15, 0.2) is 5.69 Å². The number of aliphatic hydroxyl groups excluding tert-OH is 1. The maximum Gasteiger partial charge on any atom is 0.302 e. The summed E-state index contributed by atoms with van der Waals surface area (Å²) in [7, 11) is 2.11. The topological polar surface area (TPSA) is 116 Å². The summed E-state index contributed by atoms with van der Waals surface area (Å²) >= 11 is 0. The number of anilines is 1. The summed E-state index contributed by atoms with van der Waals surface area (Å²) in [5, 5.41) is 32.8. The molecule has 10 heteroatoms. The number of hydrogen-bond acceptors (Lipinski definition) is 8. The summed E-state index contributed by atoms with van der Waals surface area (Å²) in [5.41, 5.74) is -0.0307. The number of benzene rings is 1. The van der Waals surface area contributed by atoms with Crippen LogP contribution in [0.2, 0.25) is 0 Å². The van der Waals surface area contributed by atoms with E-state index in [0.717, 1.165) is 25.9 Å². The molecule has 0 bridgehead atoms. The Morgan fingerprint density at radius 2 is 1.82 bits per heavy atom. The van der Waals surface area contributed by atoms with E-state index in [9.17, 15) is 25.3 Å². The molecule has 10 nitrogen and oxygen atoms in total. The van der Waals surface area contributed by atoms with Crippen LogP contribution in [0.4, 0.5) is 17.1 Å². The average molecular weight is 393 g/mol. The maximum absolute atomic E-state index is 11.7. The monoisotopic (exact) mass is 393 g/mol. The van der Waals surface area contributed by atoms with Crippen molar-refractivity contribution < 1.29 is 15.0 Å². The van der Waals surface area contributed by atoms with E-state index in [1.807, 2.05) is 0 Å². The molecule has 1 atom stereocenters. The molecular weight excluding hydrogens is 366 g/mol. The zero-order chi connectivity index (χ0) is 20.4. The minimum atomic E-state index is -0.594. The Morgan fingerprint density at radius 1 is 1.14 bits per heavy atom. The zero-order valence-corrected chi connectivity index (χ0v) is 16.3. The third-order valence-electron chi connectivity index (χ3n) is 5.91. The second-order valence-electron chi connectivity index (χ2n) is 7.63. The normalized spacial score (nSPS) is 21.7. The highest BCUT2D eigenvalue weighted by Crippen LogP contribution is 2.42. The van der Waals surface area contributed by atoms with Crippen LogP contribution in [0.5, 0.6) is 0 Å². The fourth-order valence-electron chi connectivity index (χ4n) is 4.38. The molecule has 2 saturated heterocycles. The van der Waals surface area contributed by atoms with Gasteiger partial charge in [0.1, 0.15) is 0 Å². The molecular formula is C18H27N5O5. The molecule has 0 saturated carbocycles. The largest absolute Gasteiger partial charge is 0.392 e. The third-order valence-corrected chi connectivity index (χ3v) is 5.91. The lowest BCUT2D eigenvalue weighted by atomic mass is 10.0. The van der Waals surface area contributed by atoms with Crippen LogP contribution >= 0.6 is 0 Å². The van der Waals surface area contributed by atoms with E-state index in [1.165, 1.54) is 13.0 Å². The van der Waals surface area contributed by atoms with Gasteiger partial charge < -0.3 is 14.9 Å². The van der Waals surface area contributed by atoms with Crippen molar-refractivity contribution in [3.8, 4) is 0 Å². The fourth-order valence-corrected chi connectivity index (χ4v) is 4.38. The van der Waals surface area contributed by atoms with Gasteiger partial charge in [-0.25, -0.2) is 0 Å². The van der Waals surface area contributed by atoms with E-state index in [4.69, 9.17) is 0 Å². The Labute approximate surface area is 163 Å². The molecule has 2 fully saturated rings. The van der Waals surface area contributed by atoms with Crippen molar-refractivity contribution >= 4 is 17.1 Å². The summed E-state index contributed by atoms with van der Waals surface area (Å²) in [5.74, 6) is 0. The van der Waals surface area contributed by atoms with E-state index in [0.29, 0.717) is 32.2 Å². The molecule has 0 aliphatic carbocycles. The molecule has 1 aromatic carbocycles. The molecule has 0 radical (unpaired) electrons. The number of piperidine rings is 1. The van der Waals surface area contributed by atoms with Crippen LogP contribution in [0, 0.1) is 27.2 Å². The first-order valence-electron chi connectivity index (χ1n) is 9.57. The zero-order valence-electron chi connectivity index (χ0n) is 16.3. The Morgan fingerprint density at radius 3 is 2.36 bits per heavy atom. The quantitative estimate of drug-likeness (QED) is 0.591. The van der Waals surface area contributed by atoms with Crippen LogP contribution in [-0.2, 0) is 6.61 Å². The summed E-state index contributed by atoms with van der Waals surface area (Å²) in [6.07, 6.45) is 2.29. The highest BCUT2D eigenvalue weighted by molar-refractivity contribution is 5.79. The van der Waals surface area contributed by atoms with Crippen LogP contribution in [0.25, 0.3) is 0 Å². The van der Waals surface area contributed by atoms with Gasteiger partial charge in [0, 0.05) is 50.4 Å². The predicted molar refractivity (Wildman–Crippen MR) is 105 cm³/mol. The standard InChI is InChI=1S/C18H27N5O5/c1-13-14(12-24)10-16(22(25)26)18(17(13)23(27)28)21-8-6-20(7-9-21)15-4-3-5-19(2)11-15/h10,15,24H,3-9,11-12H2,1-2H3. The van der Waals surface area contributed by atoms with E-state index in [-0.39, 0.29) is 28.2 Å². The number of aliphatic hydroxyl groups is 1. The van der Waals surface area contributed by atoms with Gasteiger partial charge in [-0.05, 0) is 38.9 Å². The Kier molecular flexibility index (Phi) is 6.11. The highest BCUT2D eigenvalue weighted by Gasteiger charge is 2.36. The van der Waals surface area contributed by atoms with Crippen molar-refractivity contribution in [1.82, 2.24) is 9.80 Å². The molecule has 0 aromatic heterocycles. The molecule has 1 N–H and O–H groups in total. The van der Waals surface area contributed by atoms with Crippen LogP contribution in [0.15, 0.2) is 6.07 Å². The summed E-state index contributed by atoms with van der Waals surface area (Å²) in [6, 6.07) is 1.73. The van der Waals surface area contributed by atoms with E-state index < -0.39 is 16.5 Å². The lowest BCUT2D eigenvalue weighted by Crippen LogP contribution is -2.54. The van der Waals surface area contributed by atoms with E-state index in [1.54, 1.807) is 4.90 Å². The molecule has 0 amide bonds. The molecule has 2 aliphatic rings. The van der Waals surface area contributed by atoms with E-state index >= 15 is 0 Å². The second kappa shape index (κ2) is 8.38. The average Bonchev–Trinajstić information content (AvgIpc) is 2.67. The first kappa shape index (κ1) is 20.4. The van der Waals surface area contributed by atoms with Gasteiger partial charge in [0.05, 0.1) is 16.5 Å². The van der Waals surface area contributed by atoms with Gasteiger partial charge in [-0.15, -0.1) is 0 Å². The molecule has 0 spiro atoms. The summed E-state index contributed by atoms with van der Waals surface area (Å²) in [6.45, 7) is 5.60. The van der Waals surface area contributed by atoms with Crippen molar-refractivity contribution in [1.29, 1.82) is 0 Å². The minimum Gasteiger partial charge on any atom is -0.392 e. The van der Waals surface area contributed by atoms with Gasteiger partial charge in [-0.1, -0.05) is 0 Å². The number of nitrogens with zero attached hydrogens (tertiary/aromatic N) is 5. The van der Waals surface area contributed by atoms with Crippen molar-refractivity contribution in [3.63, 3.8) is 0 Å². The molecule has 2 aliphatic heterocycles. The van der Waals surface area contributed by atoms with Crippen LogP contribution < -0.4 is 4.90 Å².